The topological polar surface area (TPSA) is 46.9 Å². The summed E-state index contributed by atoms with van der Waals surface area (Å²) in [4.78, 5) is 11.9. The number of nitrogens with zero attached hydrogens (tertiary/aromatic N) is 2. The molecular formula is C13H14FN3O. The van der Waals surface area contributed by atoms with Crippen LogP contribution in [-0.2, 0) is 5.54 Å². The van der Waals surface area contributed by atoms with Crippen molar-refractivity contribution in [3.63, 3.8) is 0 Å². The van der Waals surface area contributed by atoms with Crippen LogP contribution in [0.2, 0.25) is 0 Å². The van der Waals surface area contributed by atoms with Gasteiger partial charge in [0.2, 0.25) is 0 Å². The molecule has 1 aromatic heterocycles. The van der Waals surface area contributed by atoms with E-state index in [1.807, 2.05) is 13.8 Å². The van der Waals surface area contributed by atoms with Gasteiger partial charge in [-0.25, -0.2) is 9.18 Å². The zero-order valence-corrected chi connectivity index (χ0v) is 10.2. The molecule has 2 aromatic rings. The number of nitrogens with one attached hydrogen (secondary N) is 1. The molecule has 0 aliphatic rings. The Balaban J connectivity index is 2.19. The molecule has 94 valence electrons. The lowest BCUT2D eigenvalue weighted by atomic mass is 9.94. The summed E-state index contributed by atoms with van der Waals surface area (Å²) in [6.45, 7) is 3.62. The van der Waals surface area contributed by atoms with Gasteiger partial charge in [-0.05, 0) is 37.6 Å². The zero-order valence-electron chi connectivity index (χ0n) is 10.2. The average molecular weight is 247 g/mol. The molecule has 0 radical (unpaired) electrons. The third kappa shape index (κ3) is 2.56. The Morgan fingerprint density at radius 3 is 2.78 bits per heavy atom. The Hall–Kier alpha value is -2.17. The Kier molecular flexibility index (Phi) is 3.14. The number of hydrogen-bond acceptors (Lipinski definition) is 2. The zero-order chi connectivity index (χ0) is 13.2. The quantitative estimate of drug-likeness (QED) is 0.886. The fraction of sp³-hybridized carbons (Fsp3) is 0.231. The monoisotopic (exact) mass is 247 g/mol. The highest BCUT2D eigenvalue weighted by molar-refractivity contribution is 5.76. The minimum atomic E-state index is -0.675. The van der Waals surface area contributed by atoms with E-state index in [0.717, 1.165) is 0 Å². The van der Waals surface area contributed by atoms with Gasteiger partial charge >= 0.3 is 6.03 Å². The smallest absolute Gasteiger partial charge is 0.327 e. The van der Waals surface area contributed by atoms with Gasteiger partial charge in [-0.1, -0.05) is 12.1 Å². The maximum absolute atomic E-state index is 13.2. The van der Waals surface area contributed by atoms with Crippen molar-refractivity contribution >= 4 is 6.03 Å². The first-order valence-corrected chi connectivity index (χ1v) is 5.57. The molecule has 0 aliphatic heterocycles. The first-order valence-electron chi connectivity index (χ1n) is 5.57. The van der Waals surface area contributed by atoms with Crippen LogP contribution >= 0.6 is 0 Å². The van der Waals surface area contributed by atoms with Gasteiger partial charge in [-0.3, -0.25) is 0 Å². The molecule has 1 heterocycles. The number of amides is 1. The minimum absolute atomic E-state index is 0.325. The van der Waals surface area contributed by atoms with Crippen LogP contribution in [-0.4, -0.2) is 15.8 Å². The van der Waals surface area contributed by atoms with Crippen molar-refractivity contribution in [2.24, 2.45) is 0 Å². The lowest BCUT2D eigenvalue weighted by Gasteiger charge is -2.26. The molecule has 0 spiro atoms. The molecule has 0 unspecified atom stereocenters. The molecule has 1 N–H and O–H groups in total. The second-order valence-corrected chi connectivity index (χ2v) is 4.52. The second kappa shape index (κ2) is 4.60. The van der Waals surface area contributed by atoms with E-state index in [4.69, 9.17) is 0 Å². The molecule has 2 rings (SSSR count). The van der Waals surface area contributed by atoms with Crippen LogP contribution in [0.1, 0.15) is 19.4 Å². The molecule has 5 heteroatoms. The molecule has 0 saturated carbocycles. The highest BCUT2D eigenvalue weighted by Gasteiger charge is 2.23. The SMILES string of the molecule is CC(C)(NC(=O)n1cccn1)c1cccc(F)c1. The van der Waals surface area contributed by atoms with E-state index in [-0.39, 0.29) is 11.8 Å². The minimum Gasteiger partial charge on any atom is -0.327 e. The van der Waals surface area contributed by atoms with Crippen LogP contribution in [0.25, 0.3) is 0 Å². The van der Waals surface area contributed by atoms with Crippen LogP contribution < -0.4 is 5.32 Å². The Morgan fingerprint density at radius 2 is 2.17 bits per heavy atom. The summed E-state index contributed by atoms with van der Waals surface area (Å²) in [7, 11) is 0. The molecule has 0 bridgehead atoms. The van der Waals surface area contributed by atoms with Gasteiger partial charge in [0, 0.05) is 12.4 Å². The predicted octanol–water partition coefficient (Wildman–Crippen LogP) is 2.52. The van der Waals surface area contributed by atoms with E-state index < -0.39 is 5.54 Å². The summed E-state index contributed by atoms with van der Waals surface area (Å²) in [5.41, 5.74) is 0.0218. The molecule has 1 amide bonds. The van der Waals surface area contributed by atoms with Crippen LogP contribution in [0.5, 0.6) is 0 Å². The molecule has 0 fully saturated rings. The van der Waals surface area contributed by atoms with Crippen LogP contribution in [0, 0.1) is 5.82 Å². The van der Waals surface area contributed by atoms with Crippen molar-refractivity contribution in [3.8, 4) is 0 Å². The molecule has 0 aliphatic carbocycles. The fourth-order valence-electron chi connectivity index (χ4n) is 1.66. The lowest BCUT2D eigenvalue weighted by molar-refractivity contribution is 0.228. The van der Waals surface area contributed by atoms with Gasteiger partial charge < -0.3 is 5.32 Å². The van der Waals surface area contributed by atoms with Crippen LogP contribution in [0.15, 0.2) is 42.7 Å². The number of rotatable bonds is 2. The first-order chi connectivity index (χ1) is 8.49. The van der Waals surface area contributed by atoms with Crippen LogP contribution in [0.4, 0.5) is 9.18 Å². The van der Waals surface area contributed by atoms with Crippen LogP contribution in [0.3, 0.4) is 0 Å². The highest BCUT2D eigenvalue weighted by Crippen LogP contribution is 2.20. The number of hydrogen-bond donors (Lipinski definition) is 1. The maximum atomic E-state index is 13.2. The Labute approximate surface area is 104 Å². The normalized spacial score (nSPS) is 11.3. The fourth-order valence-corrected chi connectivity index (χ4v) is 1.66. The van der Waals surface area contributed by atoms with E-state index in [0.29, 0.717) is 5.56 Å². The Bertz CT molecular complexity index is 549. The van der Waals surface area contributed by atoms with Crippen molar-refractivity contribution in [1.29, 1.82) is 0 Å². The number of halogens is 1. The van der Waals surface area contributed by atoms with Crippen molar-refractivity contribution in [2.45, 2.75) is 19.4 Å². The molecule has 0 atom stereocenters. The molecule has 18 heavy (non-hydrogen) atoms. The van der Waals surface area contributed by atoms with E-state index in [1.54, 1.807) is 24.4 Å². The number of carbonyl (C=O) groups is 1. The second-order valence-electron chi connectivity index (χ2n) is 4.52. The summed E-state index contributed by atoms with van der Waals surface area (Å²) >= 11 is 0. The summed E-state index contributed by atoms with van der Waals surface area (Å²) in [6, 6.07) is 7.47. The standard InChI is InChI=1S/C13H14FN3O/c1-13(2,10-5-3-6-11(14)9-10)16-12(18)17-8-4-7-15-17/h3-9H,1-2H3,(H,16,18). The summed E-state index contributed by atoms with van der Waals surface area (Å²) < 4.78 is 14.4. The van der Waals surface area contributed by atoms with Gasteiger partial charge in [0.15, 0.2) is 0 Å². The average Bonchev–Trinajstić information content (AvgIpc) is 2.82. The van der Waals surface area contributed by atoms with Crippen molar-refractivity contribution in [1.82, 2.24) is 15.1 Å². The first kappa shape index (κ1) is 12.3. The van der Waals surface area contributed by atoms with Gasteiger partial charge in [0.05, 0.1) is 5.54 Å². The molecule has 4 nitrogen and oxygen atoms in total. The van der Waals surface area contributed by atoms with Gasteiger partial charge in [-0.2, -0.15) is 9.78 Å². The van der Waals surface area contributed by atoms with E-state index >= 15 is 0 Å². The highest BCUT2D eigenvalue weighted by atomic mass is 19.1. The van der Waals surface area contributed by atoms with E-state index in [9.17, 15) is 9.18 Å². The van der Waals surface area contributed by atoms with Crippen molar-refractivity contribution < 1.29 is 9.18 Å². The number of aromatic nitrogens is 2. The maximum Gasteiger partial charge on any atom is 0.342 e. The number of benzene rings is 1. The summed E-state index contributed by atoms with van der Waals surface area (Å²) in [5.74, 6) is -0.325. The third-order valence-corrected chi connectivity index (χ3v) is 2.68. The largest absolute Gasteiger partial charge is 0.342 e. The molecular weight excluding hydrogens is 233 g/mol. The van der Waals surface area contributed by atoms with Gasteiger partial charge in [0.1, 0.15) is 5.82 Å². The lowest BCUT2D eigenvalue weighted by Crippen LogP contribution is -2.43. The predicted molar refractivity (Wildman–Crippen MR) is 65.6 cm³/mol. The van der Waals surface area contributed by atoms with E-state index in [1.165, 1.54) is 23.0 Å². The van der Waals surface area contributed by atoms with Gasteiger partial charge in [-0.15, -0.1) is 0 Å². The van der Waals surface area contributed by atoms with Gasteiger partial charge in [0.25, 0.3) is 0 Å². The van der Waals surface area contributed by atoms with Crippen molar-refractivity contribution in [2.75, 3.05) is 0 Å². The molecule has 1 aromatic carbocycles. The summed E-state index contributed by atoms with van der Waals surface area (Å²) in [6.07, 6.45) is 3.08. The van der Waals surface area contributed by atoms with Crippen molar-refractivity contribution in [3.05, 3.63) is 54.1 Å². The van der Waals surface area contributed by atoms with E-state index in [2.05, 4.69) is 10.4 Å². The number of carbonyl (C=O) groups excluding carboxylic acids is 1. The summed E-state index contributed by atoms with van der Waals surface area (Å²) in [5, 5.41) is 6.64. The third-order valence-electron chi connectivity index (χ3n) is 2.68. The Morgan fingerprint density at radius 1 is 1.39 bits per heavy atom. The molecule has 0 saturated heterocycles.